The van der Waals surface area contributed by atoms with Crippen molar-refractivity contribution < 1.29 is 30.2 Å². The Bertz CT molecular complexity index is 668. The molecule has 1 unspecified atom stereocenters. The van der Waals surface area contributed by atoms with Crippen molar-refractivity contribution in [3.63, 3.8) is 0 Å². The van der Waals surface area contributed by atoms with Crippen LogP contribution in [-0.4, -0.2) is 20.6 Å². The second kappa shape index (κ2) is 6.51. The summed E-state index contributed by atoms with van der Waals surface area (Å²) in [5, 5.41) is 0. The fourth-order valence-electron chi connectivity index (χ4n) is 2.54. The van der Waals surface area contributed by atoms with Gasteiger partial charge in [-0.05, 0) is 30.9 Å². The van der Waals surface area contributed by atoms with Gasteiger partial charge in [0.05, 0.1) is 6.67 Å². The van der Waals surface area contributed by atoms with E-state index in [0.29, 0.717) is 6.42 Å². The van der Waals surface area contributed by atoms with E-state index in [0.717, 1.165) is 5.56 Å². The van der Waals surface area contributed by atoms with Gasteiger partial charge in [0.25, 0.3) is 0 Å². The summed E-state index contributed by atoms with van der Waals surface area (Å²) >= 11 is 0. The van der Waals surface area contributed by atoms with Gasteiger partial charge in [-0.1, -0.05) is 30.3 Å². The van der Waals surface area contributed by atoms with E-state index in [1.807, 2.05) is 30.3 Å². The second-order valence-electron chi connectivity index (χ2n) is 5.65. The Kier molecular flexibility index (Phi) is 5.03. The number of halogens is 4. The molecule has 128 valence electrons. The summed E-state index contributed by atoms with van der Waals surface area (Å²) in [5.41, 5.74) is -5.28. The molecule has 2 rings (SSSR count). The maximum atomic E-state index is 13.5. The number of alkyl halides is 4. The Morgan fingerprint density at radius 1 is 1.17 bits per heavy atom. The summed E-state index contributed by atoms with van der Waals surface area (Å²) in [6.45, 7) is -0.641. The van der Waals surface area contributed by atoms with Gasteiger partial charge in [-0.25, -0.2) is 0 Å². The third-order valence-corrected chi connectivity index (χ3v) is 4.87. The van der Waals surface area contributed by atoms with Gasteiger partial charge in [-0.2, -0.15) is 21.6 Å². The van der Waals surface area contributed by atoms with Gasteiger partial charge < -0.3 is 4.18 Å². The maximum absolute atomic E-state index is 13.5. The summed E-state index contributed by atoms with van der Waals surface area (Å²) in [5.74, 6) is -0.278. The van der Waals surface area contributed by atoms with Crippen LogP contribution in [0.3, 0.4) is 0 Å². The lowest BCUT2D eigenvalue weighted by molar-refractivity contribution is -0.0525. The molecule has 23 heavy (non-hydrogen) atoms. The van der Waals surface area contributed by atoms with Crippen LogP contribution in [0, 0.1) is 5.41 Å². The van der Waals surface area contributed by atoms with E-state index < -0.39 is 27.7 Å². The third kappa shape index (κ3) is 4.25. The molecule has 1 aliphatic carbocycles. The van der Waals surface area contributed by atoms with Crippen LogP contribution in [0.1, 0.15) is 24.8 Å². The summed E-state index contributed by atoms with van der Waals surface area (Å²) in [6.07, 6.45) is 1.97. The average Bonchev–Trinajstić information content (AvgIpc) is 2.49. The Morgan fingerprint density at radius 3 is 2.30 bits per heavy atom. The van der Waals surface area contributed by atoms with Crippen LogP contribution in [0.2, 0.25) is 0 Å². The molecule has 1 aliphatic rings. The maximum Gasteiger partial charge on any atom is 0.534 e. The SMILES string of the molecule is O=S(=O)(OC1=CCC(CF)(Cc2ccccc2)CC1)C(F)(F)F. The zero-order valence-electron chi connectivity index (χ0n) is 12.1. The molecular weight excluding hydrogens is 336 g/mol. The van der Waals surface area contributed by atoms with Crippen molar-refractivity contribution in [3.8, 4) is 0 Å². The molecular formula is C15H16F4O3S. The zero-order chi connectivity index (χ0) is 17.1. The van der Waals surface area contributed by atoms with Crippen molar-refractivity contribution >= 4 is 10.1 Å². The number of allylic oxidation sites excluding steroid dienone is 2. The van der Waals surface area contributed by atoms with Crippen LogP contribution >= 0.6 is 0 Å². The minimum absolute atomic E-state index is 0.0495. The fourth-order valence-corrected chi connectivity index (χ4v) is 3.07. The molecule has 0 spiro atoms. The lowest BCUT2D eigenvalue weighted by Crippen LogP contribution is -2.30. The van der Waals surface area contributed by atoms with Gasteiger partial charge in [0, 0.05) is 11.8 Å². The third-order valence-electron chi connectivity index (χ3n) is 3.87. The number of benzene rings is 1. The first-order valence-corrected chi connectivity index (χ1v) is 8.38. The summed E-state index contributed by atoms with van der Waals surface area (Å²) < 4.78 is 76.5. The summed E-state index contributed by atoms with van der Waals surface area (Å²) in [6, 6.07) is 9.18. The second-order valence-corrected chi connectivity index (χ2v) is 7.19. The highest BCUT2D eigenvalue weighted by Gasteiger charge is 2.49. The molecule has 0 amide bonds. The summed E-state index contributed by atoms with van der Waals surface area (Å²) in [4.78, 5) is 0. The van der Waals surface area contributed by atoms with Crippen LogP contribution < -0.4 is 0 Å². The number of rotatable bonds is 5. The molecule has 1 atom stereocenters. The van der Waals surface area contributed by atoms with Crippen molar-refractivity contribution in [2.75, 3.05) is 6.67 Å². The Labute approximate surface area is 132 Å². The molecule has 0 bridgehead atoms. The molecule has 0 N–H and O–H groups in total. The van der Waals surface area contributed by atoms with Crippen molar-refractivity contribution in [3.05, 3.63) is 47.7 Å². The first-order chi connectivity index (χ1) is 10.7. The zero-order valence-corrected chi connectivity index (χ0v) is 13.0. The van der Waals surface area contributed by atoms with E-state index in [1.165, 1.54) is 6.08 Å². The van der Waals surface area contributed by atoms with E-state index in [1.54, 1.807) is 0 Å². The molecule has 0 aromatic heterocycles. The van der Waals surface area contributed by atoms with Crippen LogP contribution in [0.15, 0.2) is 42.2 Å². The molecule has 0 radical (unpaired) electrons. The first kappa shape index (κ1) is 17.8. The van der Waals surface area contributed by atoms with Crippen LogP contribution in [-0.2, 0) is 20.7 Å². The molecule has 8 heteroatoms. The van der Waals surface area contributed by atoms with E-state index >= 15 is 0 Å². The van der Waals surface area contributed by atoms with E-state index in [2.05, 4.69) is 4.18 Å². The Morgan fingerprint density at radius 2 is 1.83 bits per heavy atom. The Balaban J connectivity index is 2.09. The molecule has 1 aromatic carbocycles. The van der Waals surface area contributed by atoms with Crippen LogP contribution in [0.4, 0.5) is 17.6 Å². The van der Waals surface area contributed by atoms with Crippen molar-refractivity contribution in [2.24, 2.45) is 5.41 Å². The van der Waals surface area contributed by atoms with Gasteiger partial charge in [-0.15, -0.1) is 0 Å². The van der Waals surface area contributed by atoms with Crippen molar-refractivity contribution in [1.29, 1.82) is 0 Å². The highest BCUT2D eigenvalue weighted by atomic mass is 32.2. The normalized spacial score (nSPS) is 22.5. The van der Waals surface area contributed by atoms with Gasteiger partial charge >= 0.3 is 15.6 Å². The quantitative estimate of drug-likeness (QED) is 0.455. The molecule has 0 saturated heterocycles. The average molecular weight is 352 g/mol. The molecule has 0 aliphatic heterocycles. The summed E-state index contributed by atoms with van der Waals surface area (Å²) in [7, 11) is -5.66. The lowest BCUT2D eigenvalue weighted by Gasteiger charge is -2.33. The largest absolute Gasteiger partial charge is 0.534 e. The first-order valence-electron chi connectivity index (χ1n) is 6.97. The van der Waals surface area contributed by atoms with Crippen molar-refractivity contribution in [2.45, 2.75) is 31.2 Å². The molecule has 0 saturated carbocycles. The fraction of sp³-hybridized carbons (Fsp3) is 0.467. The highest BCUT2D eigenvalue weighted by molar-refractivity contribution is 7.87. The highest BCUT2D eigenvalue weighted by Crippen LogP contribution is 2.40. The van der Waals surface area contributed by atoms with E-state index in [9.17, 15) is 26.0 Å². The predicted octanol–water partition coefficient (Wildman–Crippen LogP) is 4.12. The number of hydrogen-bond donors (Lipinski definition) is 0. The van der Waals surface area contributed by atoms with Gasteiger partial charge in [-0.3, -0.25) is 4.39 Å². The molecule has 0 fully saturated rings. The van der Waals surface area contributed by atoms with E-state index in [-0.39, 0.29) is 25.0 Å². The van der Waals surface area contributed by atoms with Gasteiger partial charge in [0.2, 0.25) is 0 Å². The smallest absolute Gasteiger partial charge is 0.381 e. The molecule has 1 aromatic rings. The van der Waals surface area contributed by atoms with Crippen LogP contribution in [0.5, 0.6) is 0 Å². The standard InChI is InChI=1S/C15H16F4O3S/c16-11-14(10-12-4-2-1-3-5-12)8-6-13(7-9-14)22-23(20,21)15(17,18)19/h1-6H,7-11H2. The topological polar surface area (TPSA) is 43.4 Å². The monoisotopic (exact) mass is 352 g/mol. The minimum Gasteiger partial charge on any atom is -0.381 e. The number of hydrogen-bond acceptors (Lipinski definition) is 3. The van der Waals surface area contributed by atoms with E-state index in [4.69, 9.17) is 0 Å². The molecule has 0 heterocycles. The van der Waals surface area contributed by atoms with Crippen LogP contribution in [0.25, 0.3) is 0 Å². The molecule has 3 nitrogen and oxygen atoms in total. The van der Waals surface area contributed by atoms with Gasteiger partial charge in [0.15, 0.2) is 0 Å². The predicted molar refractivity (Wildman–Crippen MR) is 76.5 cm³/mol. The Hall–Kier alpha value is -1.57. The lowest BCUT2D eigenvalue weighted by atomic mass is 9.73. The van der Waals surface area contributed by atoms with Crippen molar-refractivity contribution in [1.82, 2.24) is 0 Å². The van der Waals surface area contributed by atoms with Gasteiger partial charge in [0.1, 0.15) is 5.76 Å². The minimum atomic E-state index is -5.66.